The van der Waals surface area contributed by atoms with E-state index in [4.69, 9.17) is 27.9 Å². The second-order valence-corrected chi connectivity index (χ2v) is 6.50. The van der Waals surface area contributed by atoms with E-state index in [2.05, 4.69) is 5.32 Å². The topological polar surface area (TPSA) is 38.3 Å². The van der Waals surface area contributed by atoms with Crippen LogP contribution in [0.5, 0.6) is 5.75 Å². The standard InChI is InChI=1S/C17H17Cl2NO2S/c1-2-22-13-8-6-12(7-9-13)20-17(21)11-23-10-14-15(18)4-3-5-16(14)19/h3-9H,2,10-11H2,1H3,(H,20,21). The van der Waals surface area contributed by atoms with Gasteiger partial charge < -0.3 is 10.1 Å². The monoisotopic (exact) mass is 369 g/mol. The minimum atomic E-state index is -0.0673. The maximum atomic E-state index is 12.0. The molecule has 0 bridgehead atoms. The molecular weight excluding hydrogens is 353 g/mol. The van der Waals surface area contributed by atoms with Crippen LogP contribution >= 0.6 is 35.0 Å². The number of amides is 1. The Morgan fingerprint density at radius 1 is 1.13 bits per heavy atom. The first-order valence-electron chi connectivity index (χ1n) is 7.13. The molecule has 0 aliphatic carbocycles. The van der Waals surface area contributed by atoms with Gasteiger partial charge in [-0.1, -0.05) is 29.3 Å². The summed E-state index contributed by atoms with van der Waals surface area (Å²) in [5.74, 6) is 1.64. The molecule has 0 unspecified atom stereocenters. The summed E-state index contributed by atoms with van der Waals surface area (Å²) < 4.78 is 5.36. The number of anilines is 1. The Labute approximate surface area is 150 Å². The van der Waals surface area contributed by atoms with Gasteiger partial charge in [-0.25, -0.2) is 0 Å². The van der Waals surface area contributed by atoms with Gasteiger partial charge in [0, 0.05) is 21.5 Å². The van der Waals surface area contributed by atoms with E-state index in [-0.39, 0.29) is 5.91 Å². The van der Waals surface area contributed by atoms with Crippen molar-refractivity contribution in [1.29, 1.82) is 0 Å². The summed E-state index contributed by atoms with van der Waals surface area (Å²) in [6.07, 6.45) is 0. The van der Waals surface area contributed by atoms with Crippen molar-refractivity contribution in [2.75, 3.05) is 17.7 Å². The van der Waals surface area contributed by atoms with Crippen LogP contribution in [-0.2, 0) is 10.5 Å². The molecule has 0 atom stereocenters. The molecule has 3 nitrogen and oxygen atoms in total. The number of thioether (sulfide) groups is 1. The molecule has 0 aliphatic rings. The van der Waals surface area contributed by atoms with Crippen molar-refractivity contribution in [3.05, 3.63) is 58.1 Å². The summed E-state index contributed by atoms with van der Waals surface area (Å²) >= 11 is 13.7. The number of hydrogen-bond acceptors (Lipinski definition) is 3. The maximum Gasteiger partial charge on any atom is 0.234 e. The van der Waals surface area contributed by atoms with E-state index in [1.165, 1.54) is 11.8 Å². The molecule has 0 aliphatic heterocycles. The zero-order valence-corrected chi connectivity index (χ0v) is 15.0. The highest BCUT2D eigenvalue weighted by Gasteiger charge is 2.08. The summed E-state index contributed by atoms with van der Waals surface area (Å²) in [5, 5.41) is 4.09. The largest absolute Gasteiger partial charge is 0.494 e. The zero-order valence-electron chi connectivity index (χ0n) is 12.6. The number of halogens is 2. The lowest BCUT2D eigenvalue weighted by Gasteiger charge is -2.08. The quantitative estimate of drug-likeness (QED) is 0.722. The minimum Gasteiger partial charge on any atom is -0.494 e. The zero-order chi connectivity index (χ0) is 16.7. The lowest BCUT2D eigenvalue weighted by atomic mass is 10.2. The number of rotatable bonds is 7. The number of hydrogen-bond donors (Lipinski definition) is 1. The molecule has 0 aromatic heterocycles. The molecule has 122 valence electrons. The lowest BCUT2D eigenvalue weighted by Crippen LogP contribution is -2.14. The Hall–Kier alpha value is -1.36. The van der Waals surface area contributed by atoms with E-state index in [1.807, 2.05) is 31.2 Å². The van der Waals surface area contributed by atoms with Crippen LogP contribution in [0.25, 0.3) is 0 Å². The number of nitrogens with one attached hydrogen (secondary N) is 1. The fourth-order valence-corrected chi connectivity index (χ4v) is 3.48. The molecule has 0 fully saturated rings. The van der Waals surface area contributed by atoms with Crippen molar-refractivity contribution < 1.29 is 9.53 Å². The van der Waals surface area contributed by atoms with Crippen molar-refractivity contribution in [3.63, 3.8) is 0 Å². The van der Waals surface area contributed by atoms with Gasteiger partial charge in [-0.15, -0.1) is 11.8 Å². The van der Waals surface area contributed by atoms with Gasteiger partial charge in [0.25, 0.3) is 0 Å². The van der Waals surface area contributed by atoms with E-state index in [0.717, 1.165) is 17.0 Å². The van der Waals surface area contributed by atoms with Crippen LogP contribution < -0.4 is 10.1 Å². The van der Waals surface area contributed by atoms with Gasteiger partial charge in [0.05, 0.1) is 12.4 Å². The first-order chi connectivity index (χ1) is 11.1. The third-order valence-corrected chi connectivity index (χ3v) is 4.66. The molecule has 6 heteroatoms. The molecule has 23 heavy (non-hydrogen) atoms. The molecule has 2 rings (SSSR count). The fourth-order valence-electron chi connectivity index (χ4n) is 1.91. The molecule has 1 N–H and O–H groups in total. The lowest BCUT2D eigenvalue weighted by molar-refractivity contribution is -0.113. The summed E-state index contributed by atoms with van der Waals surface area (Å²) in [7, 11) is 0. The van der Waals surface area contributed by atoms with Crippen LogP contribution in [0, 0.1) is 0 Å². The highest BCUT2D eigenvalue weighted by Crippen LogP contribution is 2.28. The fraction of sp³-hybridized carbons (Fsp3) is 0.235. The molecule has 0 heterocycles. The van der Waals surface area contributed by atoms with Gasteiger partial charge in [-0.3, -0.25) is 4.79 Å². The van der Waals surface area contributed by atoms with Gasteiger partial charge in [0.15, 0.2) is 0 Å². The van der Waals surface area contributed by atoms with E-state index in [0.29, 0.717) is 28.2 Å². The highest BCUT2D eigenvalue weighted by atomic mass is 35.5. The van der Waals surface area contributed by atoms with Crippen LogP contribution in [0.4, 0.5) is 5.69 Å². The number of benzene rings is 2. The van der Waals surface area contributed by atoms with Crippen LogP contribution in [0.2, 0.25) is 10.0 Å². The predicted octanol–water partition coefficient (Wildman–Crippen LogP) is 5.26. The van der Waals surface area contributed by atoms with Crippen molar-refractivity contribution in [2.24, 2.45) is 0 Å². The number of carbonyl (C=O) groups is 1. The Balaban J connectivity index is 1.81. The van der Waals surface area contributed by atoms with Crippen LogP contribution in [0.15, 0.2) is 42.5 Å². The molecule has 0 spiro atoms. The second kappa shape index (κ2) is 9.06. The van der Waals surface area contributed by atoms with E-state index >= 15 is 0 Å². The van der Waals surface area contributed by atoms with E-state index in [1.54, 1.807) is 18.2 Å². The molecule has 1 amide bonds. The molecule has 0 saturated heterocycles. The second-order valence-electron chi connectivity index (χ2n) is 4.70. The van der Waals surface area contributed by atoms with Gasteiger partial charge in [-0.2, -0.15) is 0 Å². The first kappa shape index (κ1) is 18.0. The Kier molecular flexibility index (Phi) is 7.09. The average Bonchev–Trinajstić information content (AvgIpc) is 2.52. The van der Waals surface area contributed by atoms with Gasteiger partial charge in [0.1, 0.15) is 5.75 Å². The normalized spacial score (nSPS) is 10.4. The maximum absolute atomic E-state index is 12.0. The minimum absolute atomic E-state index is 0.0673. The van der Waals surface area contributed by atoms with E-state index in [9.17, 15) is 4.79 Å². The molecule has 0 saturated carbocycles. The Bertz CT molecular complexity index is 642. The summed E-state index contributed by atoms with van der Waals surface area (Å²) in [5.41, 5.74) is 1.60. The summed E-state index contributed by atoms with van der Waals surface area (Å²) in [6.45, 7) is 2.55. The molecule has 2 aromatic rings. The average molecular weight is 370 g/mol. The number of carbonyl (C=O) groups excluding carboxylic acids is 1. The van der Waals surface area contributed by atoms with Gasteiger partial charge in [0.2, 0.25) is 5.91 Å². The molecular formula is C17H17Cl2NO2S. The molecule has 0 radical (unpaired) electrons. The third kappa shape index (κ3) is 5.65. The van der Waals surface area contributed by atoms with Crippen molar-refractivity contribution >= 4 is 46.6 Å². The highest BCUT2D eigenvalue weighted by molar-refractivity contribution is 7.99. The Morgan fingerprint density at radius 3 is 2.39 bits per heavy atom. The van der Waals surface area contributed by atoms with Crippen LogP contribution in [-0.4, -0.2) is 18.3 Å². The SMILES string of the molecule is CCOc1ccc(NC(=O)CSCc2c(Cl)cccc2Cl)cc1. The first-order valence-corrected chi connectivity index (χ1v) is 9.04. The van der Waals surface area contributed by atoms with Crippen LogP contribution in [0.3, 0.4) is 0 Å². The van der Waals surface area contributed by atoms with Crippen LogP contribution in [0.1, 0.15) is 12.5 Å². The van der Waals surface area contributed by atoms with Crippen molar-refractivity contribution in [2.45, 2.75) is 12.7 Å². The molecule has 2 aromatic carbocycles. The van der Waals surface area contributed by atoms with Crippen molar-refractivity contribution in [3.8, 4) is 5.75 Å². The Morgan fingerprint density at radius 2 is 1.78 bits per heavy atom. The number of ether oxygens (including phenoxy) is 1. The summed E-state index contributed by atoms with van der Waals surface area (Å²) in [6, 6.07) is 12.7. The van der Waals surface area contributed by atoms with E-state index < -0.39 is 0 Å². The van der Waals surface area contributed by atoms with Crippen molar-refractivity contribution in [1.82, 2.24) is 0 Å². The third-order valence-electron chi connectivity index (χ3n) is 2.99. The van der Waals surface area contributed by atoms with Gasteiger partial charge >= 0.3 is 0 Å². The van der Waals surface area contributed by atoms with Gasteiger partial charge in [-0.05, 0) is 48.9 Å². The smallest absolute Gasteiger partial charge is 0.234 e. The predicted molar refractivity (Wildman–Crippen MR) is 98.9 cm³/mol. The summed E-state index contributed by atoms with van der Waals surface area (Å²) in [4.78, 5) is 12.0.